The molecule has 0 aliphatic rings. The minimum atomic E-state index is -0.318. The number of ketones is 1. The zero-order chi connectivity index (χ0) is 13.4. The maximum Gasteiger partial charge on any atom is 0.201 e. The second-order valence-electron chi connectivity index (χ2n) is 3.80. The summed E-state index contributed by atoms with van der Waals surface area (Å²) >= 11 is 18.1. The van der Waals surface area contributed by atoms with E-state index in [1.54, 1.807) is 32.2 Å². The predicted molar refractivity (Wildman–Crippen MR) is 72.8 cm³/mol. The Hall–Kier alpha value is -1.03. The Morgan fingerprint density at radius 3 is 2.17 bits per heavy atom. The summed E-state index contributed by atoms with van der Waals surface area (Å²) in [4.78, 5) is 12.4. The van der Waals surface area contributed by atoms with Gasteiger partial charge in [-0.05, 0) is 19.1 Å². The normalized spacial score (nSPS) is 10.7. The first-order valence-electron chi connectivity index (χ1n) is 5.11. The van der Waals surface area contributed by atoms with Gasteiger partial charge in [0.15, 0.2) is 0 Å². The van der Waals surface area contributed by atoms with E-state index in [0.717, 1.165) is 0 Å². The molecule has 6 heteroatoms. The van der Waals surface area contributed by atoms with E-state index < -0.39 is 0 Å². The Balaban J connectivity index is 2.62. The van der Waals surface area contributed by atoms with Gasteiger partial charge in [-0.2, -0.15) is 5.10 Å². The lowest BCUT2D eigenvalue weighted by molar-refractivity contribution is 0.103. The molecule has 3 nitrogen and oxygen atoms in total. The lowest BCUT2D eigenvalue weighted by atomic mass is 10.0. The largest absolute Gasteiger partial charge is 0.288 e. The van der Waals surface area contributed by atoms with Gasteiger partial charge in [0.2, 0.25) is 5.78 Å². The molecule has 0 N–H and O–H groups in total. The Kier molecular flexibility index (Phi) is 3.66. The third-order valence-corrected chi connectivity index (χ3v) is 3.63. The number of hydrogen-bond donors (Lipinski definition) is 0. The molecule has 0 fully saturated rings. The molecule has 2 rings (SSSR count). The Morgan fingerprint density at radius 1 is 1.17 bits per heavy atom. The minimum Gasteiger partial charge on any atom is -0.288 e. The Labute approximate surface area is 119 Å². The highest BCUT2D eigenvalue weighted by Gasteiger charge is 2.24. The number of aryl methyl sites for hydroxylation is 2. The summed E-state index contributed by atoms with van der Waals surface area (Å²) in [5.74, 6) is -0.318. The lowest BCUT2D eigenvalue weighted by Crippen LogP contribution is -2.05. The Morgan fingerprint density at radius 2 is 1.72 bits per heavy atom. The molecular formula is C12H9Cl3N2O. The fourth-order valence-corrected chi connectivity index (χ4v) is 2.56. The SMILES string of the molecule is Cc1nn(C)c(Cl)c1C(=O)c1c(Cl)cccc1Cl. The number of rotatable bonds is 2. The molecule has 1 heterocycles. The van der Waals surface area contributed by atoms with E-state index >= 15 is 0 Å². The summed E-state index contributed by atoms with van der Waals surface area (Å²) in [5.41, 5.74) is 1.12. The quantitative estimate of drug-likeness (QED) is 0.788. The third kappa shape index (κ3) is 2.14. The van der Waals surface area contributed by atoms with Crippen LogP contribution in [0.2, 0.25) is 15.2 Å². The first-order chi connectivity index (χ1) is 8.43. The molecule has 0 aliphatic carbocycles. The zero-order valence-electron chi connectivity index (χ0n) is 9.67. The third-order valence-electron chi connectivity index (χ3n) is 2.57. The fourth-order valence-electron chi connectivity index (χ4n) is 1.73. The minimum absolute atomic E-state index is 0.249. The van der Waals surface area contributed by atoms with Crippen molar-refractivity contribution < 1.29 is 4.79 Å². The molecule has 0 radical (unpaired) electrons. The summed E-state index contributed by atoms with van der Waals surface area (Å²) < 4.78 is 1.44. The van der Waals surface area contributed by atoms with E-state index in [0.29, 0.717) is 21.3 Å². The van der Waals surface area contributed by atoms with Crippen LogP contribution >= 0.6 is 34.8 Å². The highest BCUT2D eigenvalue weighted by atomic mass is 35.5. The summed E-state index contributed by atoms with van der Waals surface area (Å²) in [6, 6.07) is 4.90. The molecule has 94 valence electrons. The molecule has 0 unspecified atom stereocenters. The number of carbonyl (C=O) groups excluding carboxylic acids is 1. The number of benzene rings is 1. The van der Waals surface area contributed by atoms with Gasteiger partial charge < -0.3 is 0 Å². The van der Waals surface area contributed by atoms with Crippen LogP contribution in [0.1, 0.15) is 21.6 Å². The van der Waals surface area contributed by atoms with Crippen LogP contribution in [0.5, 0.6) is 0 Å². The number of halogens is 3. The average molecular weight is 304 g/mol. The summed E-state index contributed by atoms with van der Waals surface area (Å²) in [6.07, 6.45) is 0. The van der Waals surface area contributed by atoms with Crippen LogP contribution in [0, 0.1) is 6.92 Å². The number of nitrogens with zero attached hydrogens (tertiary/aromatic N) is 2. The van der Waals surface area contributed by atoms with Crippen LogP contribution in [-0.2, 0) is 7.05 Å². The summed E-state index contributed by atoms with van der Waals surface area (Å²) in [5, 5.41) is 4.96. The van der Waals surface area contributed by atoms with E-state index in [-0.39, 0.29) is 16.5 Å². The number of carbonyl (C=O) groups is 1. The molecule has 18 heavy (non-hydrogen) atoms. The molecule has 0 saturated heterocycles. The zero-order valence-corrected chi connectivity index (χ0v) is 11.9. The molecule has 2 aromatic rings. The van der Waals surface area contributed by atoms with Crippen molar-refractivity contribution in [2.45, 2.75) is 6.92 Å². The van der Waals surface area contributed by atoms with Gasteiger partial charge in [0, 0.05) is 7.05 Å². The van der Waals surface area contributed by atoms with Crippen molar-refractivity contribution in [1.82, 2.24) is 9.78 Å². The first-order valence-corrected chi connectivity index (χ1v) is 6.24. The van der Waals surface area contributed by atoms with Crippen LogP contribution in [-0.4, -0.2) is 15.6 Å². The second kappa shape index (κ2) is 4.92. The molecule has 1 aromatic carbocycles. The van der Waals surface area contributed by atoms with Gasteiger partial charge in [0.25, 0.3) is 0 Å². The number of aromatic nitrogens is 2. The van der Waals surface area contributed by atoms with Crippen LogP contribution in [0.15, 0.2) is 18.2 Å². The van der Waals surface area contributed by atoms with Gasteiger partial charge >= 0.3 is 0 Å². The lowest BCUT2D eigenvalue weighted by Gasteiger charge is -2.05. The van der Waals surface area contributed by atoms with Gasteiger partial charge in [-0.3, -0.25) is 9.48 Å². The van der Waals surface area contributed by atoms with Crippen LogP contribution in [0.4, 0.5) is 0 Å². The fraction of sp³-hybridized carbons (Fsp3) is 0.167. The van der Waals surface area contributed by atoms with Crippen LogP contribution in [0.3, 0.4) is 0 Å². The van der Waals surface area contributed by atoms with Gasteiger partial charge in [-0.15, -0.1) is 0 Å². The standard InChI is InChI=1S/C12H9Cl3N2O/c1-6-9(12(15)17(2)16-6)11(18)10-7(13)4-3-5-8(10)14/h3-5H,1-2H3. The van der Waals surface area contributed by atoms with Crippen molar-refractivity contribution in [2.24, 2.45) is 7.05 Å². The van der Waals surface area contributed by atoms with E-state index in [1.165, 1.54) is 4.68 Å². The molecule has 0 bridgehead atoms. The monoisotopic (exact) mass is 302 g/mol. The highest BCUT2D eigenvalue weighted by molar-refractivity contribution is 6.42. The molecule has 0 atom stereocenters. The molecule has 1 aromatic heterocycles. The van der Waals surface area contributed by atoms with Crippen molar-refractivity contribution in [3.8, 4) is 0 Å². The van der Waals surface area contributed by atoms with Crippen molar-refractivity contribution in [2.75, 3.05) is 0 Å². The van der Waals surface area contributed by atoms with Crippen molar-refractivity contribution in [1.29, 1.82) is 0 Å². The van der Waals surface area contributed by atoms with Crippen molar-refractivity contribution in [3.05, 3.63) is 50.2 Å². The maximum absolute atomic E-state index is 12.4. The topological polar surface area (TPSA) is 34.9 Å². The number of hydrogen-bond acceptors (Lipinski definition) is 2. The second-order valence-corrected chi connectivity index (χ2v) is 4.97. The van der Waals surface area contributed by atoms with E-state index in [9.17, 15) is 4.79 Å². The van der Waals surface area contributed by atoms with Crippen molar-refractivity contribution >= 4 is 40.6 Å². The summed E-state index contributed by atoms with van der Waals surface area (Å²) in [7, 11) is 1.67. The van der Waals surface area contributed by atoms with E-state index in [2.05, 4.69) is 5.10 Å². The van der Waals surface area contributed by atoms with E-state index in [4.69, 9.17) is 34.8 Å². The molecule has 0 saturated carbocycles. The van der Waals surface area contributed by atoms with Crippen molar-refractivity contribution in [3.63, 3.8) is 0 Å². The highest BCUT2D eigenvalue weighted by Crippen LogP contribution is 2.30. The van der Waals surface area contributed by atoms with Gasteiger partial charge in [0.05, 0.1) is 26.9 Å². The molecule has 0 aliphatic heterocycles. The van der Waals surface area contributed by atoms with E-state index in [1.807, 2.05) is 0 Å². The maximum atomic E-state index is 12.4. The molecular weight excluding hydrogens is 295 g/mol. The average Bonchev–Trinajstić information content (AvgIpc) is 2.52. The molecule has 0 amide bonds. The van der Waals surface area contributed by atoms with Crippen LogP contribution < -0.4 is 0 Å². The van der Waals surface area contributed by atoms with Gasteiger partial charge in [-0.25, -0.2) is 0 Å². The predicted octanol–water partition coefficient (Wildman–Crippen LogP) is 3.92. The first kappa shape index (κ1) is 13.4. The Bertz CT molecular complexity index is 614. The summed E-state index contributed by atoms with van der Waals surface area (Å²) in [6.45, 7) is 1.71. The van der Waals surface area contributed by atoms with Crippen LogP contribution in [0.25, 0.3) is 0 Å². The van der Waals surface area contributed by atoms with Gasteiger partial charge in [0.1, 0.15) is 5.15 Å². The van der Waals surface area contributed by atoms with Gasteiger partial charge in [-0.1, -0.05) is 40.9 Å². The smallest absolute Gasteiger partial charge is 0.201 e. The molecule has 0 spiro atoms.